The van der Waals surface area contributed by atoms with Crippen molar-refractivity contribution < 1.29 is 14.6 Å². The van der Waals surface area contributed by atoms with Gasteiger partial charge in [-0.15, -0.1) is 0 Å². The molecule has 2 aromatic carbocycles. The first kappa shape index (κ1) is 22.3. The van der Waals surface area contributed by atoms with E-state index in [4.69, 9.17) is 9.84 Å². The summed E-state index contributed by atoms with van der Waals surface area (Å²) in [5.74, 6) is 0.795. The van der Waals surface area contributed by atoms with Gasteiger partial charge in [0.1, 0.15) is 12.4 Å². The third-order valence-corrected chi connectivity index (χ3v) is 5.59. The first-order valence-corrected chi connectivity index (χ1v) is 10.8. The lowest BCUT2D eigenvalue weighted by atomic mass is 10.2. The Balaban J connectivity index is 1.41. The minimum Gasteiger partial charge on any atom is -0.489 e. The van der Waals surface area contributed by atoms with E-state index in [1.54, 1.807) is 0 Å². The summed E-state index contributed by atoms with van der Waals surface area (Å²) >= 11 is 0. The number of unbranched alkanes of at least 4 members (excludes halogenated alkanes) is 1. The van der Waals surface area contributed by atoms with Crippen LogP contribution in [0.25, 0.3) is 0 Å². The second-order valence-corrected chi connectivity index (χ2v) is 7.77. The Kier molecular flexibility index (Phi) is 8.68. The van der Waals surface area contributed by atoms with E-state index in [1.165, 1.54) is 0 Å². The molecule has 6 heteroatoms. The second kappa shape index (κ2) is 11.7. The van der Waals surface area contributed by atoms with Crippen LogP contribution in [0, 0.1) is 0 Å². The maximum atomic E-state index is 12.7. The number of hydrogen-bond acceptors (Lipinski definition) is 5. The van der Waals surface area contributed by atoms with Gasteiger partial charge in [-0.1, -0.05) is 30.3 Å². The molecule has 6 nitrogen and oxygen atoms in total. The van der Waals surface area contributed by atoms with E-state index in [1.807, 2.05) is 61.5 Å². The average molecular weight is 412 g/mol. The van der Waals surface area contributed by atoms with Crippen LogP contribution in [0.2, 0.25) is 0 Å². The molecular formula is C24H33N3O3. The Labute approximate surface area is 179 Å². The third kappa shape index (κ3) is 6.83. The lowest BCUT2D eigenvalue weighted by Gasteiger charge is -2.37. The van der Waals surface area contributed by atoms with Crippen molar-refractivity contribution in [1.82, 2.24) is 9.80 Å². The molecule has 1 fully saturated rings. The molecule has 1 amide bonds. The summed E-state index contributed by atoms with van der Waals surface area (Å²) in [4.78, 5) is 17.3. The van der Waals surface area contributed by atoms with Gasteiger partial charge in [-0.25, -0.2) is 0 Å². The fraction of sp³-hybridized carbons (Fsp3) is 0.458. The van der Waals surface area contributed by atoms with E-state index < -0.39 is 0 Å². The molecule has 3 rings (SSSR count). The first-order valence-electron chi connectivity index (χ1n) is 10.8. The molecule has 0 aromatic heterocycles. The van der Waals surface area contributed by atoms with Crippen molar-refractivity contribution in [3.63, 3.8) is 0 Å². The molecule has 162 valence electrons. The van der Waals surface area contributed by atoms with E-state index in [2.05, 4.69) is 15.1 Å². The number of rotatable bonds is 10. The van der Waals surface area contributed by atoms with Crippen molar-refractivity contribution in [2.24, 2.45) is 0 Å². The molecule has 1 aliphatic rings. The Hall–Kier alpha value is -2.41. The number of carbonyl (C=O) groups is 1. The summed E-state index contributed by atoms with van der Waals surface area (Å²) in [6.45, 7) is 7.49. The highest BCUT2D eigenvalue weighted by Gasteiger charge is 2.25. The van der Waals surface area contributed by atoms with Crippen LogP contribution < -0.4 is 10.1 Å². The molecule has 1 saturated heterocycles. The quantitative estimate of drug-likeness (QED) is 0.589. The maximum Gasteiger partial charge on any atom is 0.241 e. The van der Waals surface area contributed by atoms with Crippen molar-refractivity contribution in [2.45, 2.75) is 32.4 Å². The van der Waals surface area contributed by atoms with Crippen LogP contribution >= 0.6 is 0 Å². The van der Waals surface area contributed by atoms with E-state index in [0.717, 1.165) is 62.6 Å². The lowest BCUT2D eigenvalue weighted by Crippen LogP contribution is -2.52. The number of amides is 1. The molecule has 0 aliphatic carbocycles. The number of nitrogens with one attached hydrogen (secondary N) is 1. The third-order valence-electron chi connectivity index (χ3n) is 5.59. The number of benzene rings is 2. The van der Waals surface area contributed by atoms with Gasteiger partial charge in [0.2, 0.25) is 5.91 Å². The number of anilines is 1. The number of ether oxygens (including phenoxy) is 1. The van der Waals surface area contributed by atoms with Crippen LogP contribution in [0.3, 0.4) is 0 Å². The Morgan fingerprint density at radius 1 is 1.03 bits per heavy atom. The fourth-order valence-corrected chi connectivity index (χ4v) is 3.61. The van der Waals surface area contributed by atoms with Crippen molar-refractivity contribution in [1.29, 1.82) is 0 Å². The van der Waals surface area contributed by atoms with Gasteiger partial charge in [-0.2, -0.15) is 0 Å². The summed E-state index contributed by atoms with van der Waals surface area (Å²) in [6, 6.07) is 17.4. The predicted octanol–water partition coefficient (Wildman–Crippen LogP) is 2.98. The number of hydrogen-bond donors (Lipinski definition) is 2. The summed E-state index contributed by atoms with van der Waals surface area (Å²) < 4.78 is 5.80. The minimum atomic E-state index is -0.168. The molecule has 0 spiro atoms. The van der Waals surface area contributed by atoms with Gasteiger partial charge < -0.3 is 20.1 Å². The van der Waals surface area contributed by atoms with Gasteiger partial charge in [-0.3, -0.25) is 9.69 Å². The SMILES string of the molecule is CC(C(=O)Nc1ccc(OCc2ccccc2)cc1)N1CCN(CCCCO)CC1. The Bertz CT molecular complexity index is 759. The average Bonchev–Trinajstić information content (AvgIpc) is 2.79. The highest BCUT2D eigenvalue weighted by atomic mass is 16.5. The zero-order valence-corrected chi connectivity index (χ0v) is 17.8. The normalized spacial score (nSPS) is 16.2. The molecule has 30 heavy (non-hydrogen) atoms. The lowest BCUT2D eigenvalue weighted by molar-refractivity contribution is -0.121. The fourth-order valence-electron chi connectivity index (χ4n) is 3.61. The number of carbonyl (C=O) groups excluding carboxylic acids is 1. The van der Waals surface area contributed by atoms with E-state index in [-0.39, 0.29) is 18.6 Å². The van der Waals surface area contributed by atoms with Crippen LogP contribution in [0.4, 0.5) is 5.69 Å². The second-order valence-electron chi connectivity index (χ2n) is 7.77. The van der Waals surface area contributed by atoms with Crippen molar-refractivity contribution in [3.8, 4) is 5.75 Å². The van der Waals surface area contributed by atoms with Crippen LogP contribution in [0.5, 0.6) is 5.75 Å². The number of aliphatic hydroxyl groups is 1. The molecule has 2 aromatic rings. The Morgan fingerprint density at radius 3 is 2.40 bits per heavy atom. The maximum absolute atomic E-state index is 12.7. The van der Waals surface area contributed by atoms with Crippen LogP contribution in [0.1, 0.15) is 25.3 Å². The van der Waals surface area contributed by atoms with Crippen LogP contribution in [0.15, 0.2) is 54.6 Å². The molecule has 1 heterocycles. The van der Waals surface area contributed by atoms with Gasteiger partial charge in [-0.05, 0) is 56.1 Å². The van der Waals surface area contributed by atoms with Crippen LogP contribution in [-0.2, 0) is 11.4 Å². The van der Waals surface area contributed by atoms with Gasteiger partial charge in [0.25, 0.3) is 0 Å². The first-order chi connectivity index (χ1) is 14.7. The summed E-state index contributed by atoms with van der Waals surface area (Å²) in [7, 11) is 0. The van der Waals surface area contributed by atoms with Crippen molar-refractivity contribution in [3.05, 3.63) is 60.2 Å². The van der Waals surface area contributed by atoms with E-state index in [9.17, 15) is 4.79 Å². The van der Waals surface area contributed by atoms with Gasteiger partial charge >= 0.3 is 0 Å². The van der Waals surface area contributed by atoms with Crippen LogP contribution in [-0.4, -0.2) is 66.2 Å². The molecule has 1 aliphatic heterocycles. The zero-order valence-electron chi connectivity index (χ0n) is 17.8. The highest BCUT2D eigenvalue weighted by molar-refractivity contribution is 5.94. The summed E-state index contributed by atoms with van der Waals surface area (Å²) in [5.41, 5.74) is 1.90. The number of piperazine rings is 1. The summed E-state index contributed by atoms with van der Waals surface area (Å²) in [6.07, 6.45) is 1.88. The molecule has 1 unspecified atom stereocenters. The number of nitrogens with zero attached hydrogens (tertiary/aromatic N) is 2. The zero-order chi connectivity index (χ0) is 21.2. The standard InChI is InChI=1S/C24H33N3O3/c1-20(27-16-14-26(15-17-27)13-5-6-18-28)24(29)25-22-9-11-23(12-10-22)30-19-21-7-3-2-4-8-21/h2-4,7-12,20,28H,5-6,13-19H2,1H3,(H,25,29). The van der Waals surface area contributed by atoms with Crippen molar-refractivity contribution >= 4 is 11.6 Å². The Morgan fingerprint density at radius 2 is 1.73 bits per heavy atom. The largest absolute Gasteiger partial charge is 0.489 e. The van der Waals surface area contributed by atoms with Crippen molar-refractivity contribution in [2.75, 3.05) is 44.6 Å². The monoisotopic (exact) mass is 411 g/mol. The molecule has 0 saturated carbocycles. The highest BCUT2D eigenvalue weighted by Crippen LogP contribution is 2.18. The molecular weight excluding hydrogens is 378 g/mol. The molecule has 1 atom stereocenters. The topological polar surface area (TPSA) is 65.0 Å². The molecule has 0 bridgehead atoms. The molecule has 0 radical (unpaired) electrons. The summed E-state index contributed by atoms with van der Waals surface area (Å²) in [5, 5.41) is 11.9. The minimum absolute atomic E-state index is 0.0154. The van der Waals surface area contributed by atoms with E-state index >= 15 is 0 Å². The van der Waals surface area contributed by atoms with Gasteiger partial charge in [0, 0.05) is 38.5 Å². The molecule has 2 N–H and O–H groups in total. The van der Waals surface area contributed by atoms with E-state index in [0.29, 0.717) is 6.61 Å². The smallest absolute Gasteiger partial charge is 0.241 e. The van der Waals surface area contributed by atoms with Gasteiger partial charge in [0.05, 0.1) is 6.04 Å². The van der Waals surface area contributed by atoms with Gasteiger partial charge in [0.15, 0.2) is 0 Å². The predicted molar refractivity (Wildman–Crippen MR) is 120 cm³/mol. The number of aliphatic hydroxyl groups excluding tert-OH is 1.